The summed E-state index contributed by atoms with van der Waals surface area (Å²) in [4.78, 5) is 119. The van der Waals surface area contributed by atoms with Crippen LogP contribution in [0.25, 0.3) is 10.1 Å². The van der Waals surface area contributed by atoms with Crippen LogP contribution in [-0.2, 0) is 45.5 Å². The highest BCUT2D eigenvalue weighted by Gasteiger charge is 2.51. The Kier molecular flexibility index (Phi) is 15.7. The zero-order valence-corrected chi connectivity index (χ0v) is 42.3. The lowest BCUT2D eigenvalue weighted by Crippen LogP contribution is -2.66. The number of nitrogens with zero attached hydrogens (tertiary/aromatic N) is 4. The highest BCUT2D eigenvalue weighted by atomic mass is 32.1. The van der Waals surface area contributed by atoms with E-state index in [2.05, 4.69) is 22.5 Å². The van der Waals surface area contributed by atoms with Crippen molar-refractivity contribution in [1.29, 1.82) is 0 Å². The molecule has 1 aromatic heterocycles. The molecule has 0 bridgehead atoms. The summed E-state index contributed by atoms with van der Waals surface area (Å²) in [7, 11) is -5.85. The zero-order chi connectivity index (χ0) is 52.4. The van der Waals surface area contributed by atoms with Gasteiger partial charge in [0.1, 0.15) is 24.2 Å². The highest BCUT2D eigenvalue weighted by molar-refractivity contribution is 7.52. The summed E-state index contributed by atoms with van der Waals surface area (Å²) in [6.45, 7) is 6.26. The van der Waals surface area contributed by atoms with Gasteiger partial charge in [-0.25, -0.2) is 0 Å². The first-order valence-electron chi connectivity index (χ1n) is 24.2. The Bertz CT molecular complexity index is 2950. The quantitative estimate of drug-likeness (QED) is 0.0553. The molecule has 4 aromatic rings. The lowest BCUT2D eigenvalue weighted by atomic mass is 9.85. The molecule has 0 aliphatic carbocycles. The van der Waals surface area contributed by atoms with Crippen molar-refractivity contribution in [2.45, 2.75) is 102 Å². The molecule has 0 spiro atoms. The van der Waals surface area contributed by atoms with Crippen molar-refractivity contribution < 1.29 is 61.4 Å². The van der Waals surface area contributed by atoms with Gasteiger partial charge < -0.3 is 39.4 Å². The van der Waals surface area contributed by atoms with Gasteiger partial charge in [0.2, 0.25) is 29.5 Å². The Morgan fingerprint density at radius 3 is 2.42 bits per heavy atom. The van der Waals surface area contributed by atoms with Crippen LogP contribution in [0.3, 0.4) is 0 Å². The SMILES string of the molecule is CC(C)(C)[C@H](NC(=O)c1cc2cc(C(F)(F)P(=O)(O)O)ccc2s1)C(=O)N1CCN(C(=O)CCCCCC#Cc2ccc3c(c2)CN(C2CCC(=O)NC2=O)C3=O)C[C@H]1C(=O)N1CCO[C@H](c2ccccc2)C1. The molecular weight excluding hydrogens is 986 g/mol. The lowest BCUT2D eigenvalue weighted by Gasteiger charge is -2.45. The number of benzene rings is 3. The number of rotatable bonds is 13. The van der Waals surface area contributed by atoms with Crippen LogP contribution in [0.2, 0.25) is 0 Å². The molecule has 4 atom stereocenters. The number of piperidine rings is 1. The van der Waals surface area contributed by atoms with Crippen LogP contribution in [0.5, 0.6) is 0 Å². The van der Waals surface area contributed by atoms with Crippen molar-refractivity contribution >= 4 is 70.4 Å². The average molecular weight is 1040 g/mol. The molecule has 17 nitrogen and oxygen atoms in total. The Balaban J connectivity index is 0.909. The Labute approximate surface area is 424 Å². The molecule has 0 saturated carbocycles. The third-order valence-electron chi connectivity index (χ3n) is 13.6. The standard InChI is InChI=1S/C52H57F2N6O11PS/c1-51(2,3)45(56-47(64)42-28-34-27-36(17-20-41(34)73-42)52(53,54)72(68,69)70)50(67)59-23-22-57(30-39(59)49(66)58-24-25-71-40(31-58)33-13-9-7-10-14-33)44(62)15-11-6-4-5-8-12-32-16-18-37-35(26-32)29-60(48(37)65)38-19-21-43(61)55-46(38)63/h7,9-10,13-14,16-18,20,26-28,38-40,45H,4-6,11,15,19,21-25,29-31H2,1-3H3,(H,56,64)(H,55,61,63)(H2,68,69,70)/t38?,39-,40-,45+/m0/s1. The van der Waals surface area contributed by atoms with E-state index in [0.717, 1.165) is 40.2 Å². The van der Waals surface area contributed by atoms with Crippen LogP contribution in [-0.4, -0.2) is 128 Å². The fraction of sp³-hybridized carbons (Fsp3) is 0.442. The summed E-state index contributed by atoms with van der Waals surface area (Å²) in [5, 5.41) is 5.28. The topological polar surface area (TPSA) is 223 Å². The minimum absolute atomic E-state index is 0.00325. The number of amides is 7. The average Bonchev–Trinajstić information content (AvgIpc) is 3.94. The fourth-order valence-corrected chi connectivity index (χ4v) is 11.0. The third-order valence-corrected chi connectivity index (χ3v) is 15.7. The number of hydrogen-bond acceptors (Lipinski definition) is 10. The smallest absolute Gasteiger partial charge is 0.370 e. The molecule has 3 saturated heterocycles. The number of halogens is 2. The number of carbonyl (C=O) groups excluding carboxylic acids is 7. The van der Waals surface area contributed by atoms with E-state index in [9.17, 15) is 56.7 Å². The van der Waals surface area contributed by atoms with E-state index in [1.165, 1.54) is 21.9 Å². The molecule has 7 amide bonds. The summed E-state index contributed by atoms with van der Waals surface area (Å²) >= 11 is 0.950. The summed E-state index contributed by atoms with van der Waals surface area (Å²) in [5.41, 5.74) is -3.40. The van der Waals surface area contributed by atoms with Gasteiger partial charge in [0.25, 0.3) is 11.8 Å². The van der Waals surface area contributed by atoms with Crippen LogP contribution < -0.4 is 10.6 Å². The predicted octanol–water partition coefficient (Wildman–Crippen LogP) is 5.68. The highest BCUT2D eigenvalue weighted by Crippen LogP contribution is 2.59. The molecule has 4 aliphatic rings. The van der Waals surface area contributed by atoms with Gasteiger partial charge in [-0.3, -0.25) is 43.4 Å². The Hall–Kier alpha value is -6.36. The molecule has 0 radical (unpaired) electrons. The first kappa shape index (κ1) is 52.9. The lowest BCUT2D eigenvalue weighted by molar-refractivity contribution is -0.158. The van der Waals surface area contributed by atoms with Crippen molar-refractivity contribution in [3.05, 3.63) is 105 Å². The first-order chi connectivity index (χ1) is 34.6. The zero-order valence-electron chi connectivity index (χ0n) is 40.6. The van der Waals surface area contributed by atoms with Crippen molar-refractivity contribution in [3.8, 4) is 11.8 Å². The summed E-state index contributed by atoms with van der Waals surface area (Å²) in [5.74, 6) is 3.45. The molecule has 386 valence electrons. The summed E-state index contributed by atoms with van der Waals surface area (Å²) in [6.07, 6.45) is 2.75. The largest absolute Gasteiger partial charge is 0.399 e. The van der Waals surface area contributed by atoms with E-state index in [1.54, 1.807) is 42.7 Å². The van der Waals surface area contributed by atoms with Gasteiger partial charge in [0.15, 0.2) is 0 Å². The number of imide groups is 1. The van der Waals surface area contributed by atoms with Gasteiger partial charge in [-0.15, -0.1) is 11.3 Å². The number of nitrogens with one attached hydrogen (secondary N) is 2. The van der Waals surface area contributed by atoms with E-state index < -0.39 is 66.2 Å². The van der Waals surface area contributed by atoms with Gasteiger partial charge in [0, 0.05) is 66.8 Å². The van der Waals surface area contributed by atoms with Crippen molar-refractivity contribution in [1.82, 2.24) is 30.2 Å². The van der Waals surface area contributed by atoms with Gasteiger partial charge in [-0.05, 0) is 77.6 Å². The van der Waals surface area contributed by atoms with Gasteiger partial charge in [0.05, 0.1) is 24.6 Å². The van der Waals surface area contributed by atoms with E-state index in [-0.39, 0.29) is 99.0 Å². The molecule has 4 aliphatic heterocycles. The van der Waals surface area contributed by atoms with Gasteiger partial charge in [-0.2, -0.15) is 8.78 Å². The van der Waals surface area contributed by atoms with Crippen LogP contribution in [0.1, 0.15) is 114 Å². The molecule has 73 heavy (non-hydrogen) atoms. The monoisotopic (exact) mass is 1040 g/mol. The molecular formula is C52H57F2N6O11PS. The van der Waals surface area contributed by atoms with Crippen LogP contribution >= 0.6 is 18.9 Å². The Morgan fingerprint density at radius 1 is 0.932 bits per heavy atom. The maximum absolute atomic E-state index is 14.8. The number of ether oxygens (including phenoxy) is 1. The van der Waals surface area contributed by atoms with Crippen molar-refractivity contribution in [2.75, 3.05) is 39.3 Å². The number of carbonyl (C=O) groups is 7. The number of fused-ring (bicyclic) bond motifs is 2. The second-order valence-electron chi connectivity index (χ2n) is 19.8. The molecule has 1 unspecified atom stereocenters. The number of unbranched alkanes of at least 4 members (excludes halogenated alkanes) is 3. The second kappa shape index (κ2) is 21.6. The minimum Gasteiger partial charge on any atom is -0.370 e. The summed E-state index contributed by atoms with van der Waals surface area (Å²) < 4.78 is 47.2. The van der Waals surface area contributed by atoms with Crippen molar-refractivity contribution in [2.24, 2.45) is 5.41 Å². The molecule has 3 aromatic carbocycles. The second-order valence-corrected chi connectivity index (χ2v) is 22.5. The number of alkyl halides is 2. The van der Waals surface area contributed by atoms with E-state index in [4.69, 9.17) is 4.74 Å². The van der Waals surface area contributed by atoms with Gasteiger partial charge in [-0.1, -0.05) is 75.4 Å². The van der Waals surface area contributed by atoms with E-state index in [0.29, 0.717) is 35.9 Å². The van der Waals surface area contributed by atoms with Crippen LogP contribution in [0, 0.1) is 17.3 Å². The number of hydrogen-bond donors (Lipinski definition) is 4. The summed E-state index contributed by atoms with van der Waals surface area (Å²) in [6, 6.07) is 16.1. The normalized spacial score (nSPS) is 20.0. The first-order valence-corrected chi connectivity index (χ1v) is 26.6. The van der Waals surface area contributed by atoms with Crippen molar-refractivity contribution in [3.63, 3.8) is 0 Å². The molecule has 4 N–H and O–H groups in total. The molecule has 3 fully saturated rings. The number of thiophene rings is 1. The van der Waals surface area contributed by atoms with Crippen LogP contribution in [0.4, 0.5) is 8.78 Å². The maximum atomic E-state index is 14.8. The van der Waals surface area contributed by atoms with Crippen LogP contribution in [0.15, 0.2) is 72.8 Å². The number of morpholine rings is 1. The molecule has 5 heterocycles. The Morgan fingerprint density at radius 2 is 1.70 bits per heavy atom. The third kappa shape index (κ3) is 11.7. The molecule has 8 rings (SSSR count). The van der Waals surface area contributed by atoms with E-state index >= 15 is 0 Å². The molecule has 21 heteroatoms. The minimum atomic E-state index is -5.85. The van der Waals surface area contributed by atoms with Gasteiger partial charge >= 0.3 is 13.3 Å². The maximum Gasteiger partial charge on any atom is 0.399 e. The fourth-order valence-electron chi connectivity index (χ4n) is 9.58. The predicted molar refractivity (Wildman–Crippen MR) is 265 cm³/mol. The van der Waals surface area contributed by atoms with E-state index in [1.807, 2.05) is 36.4 Å². The number of piperazine rings is 1.